The van der Waals surface area contributed by atoms with Crippen LogP contribution in [-0.4, -0.2) is 22.3 Å². The first-order chi connectivity index (χ1) is 10.7. The van der Waals surface area contributed by atoms with Crippen LogP contribution in [-0.2, 0) is 9.53 Å². The third-order valence-electron chi connectivity index (χ3n) is 3.20. The summed E-state index contributed by atoms with van der Waals surface area (Å²) in [5, 5.41) is 0. The first kappa shape index (κ1) is 17.0. The molecule has 2 rings (SSSR count). The number of rotatable bonds is 6. The summed E-state index contributed by atoms with van der Waals surface area (Å²) in [6.45, 7) is 5.47. The Hall–Kier alpha value is -2.37. The monoisotopic (exact) mass is 319 g/mol. The number of ether oxygens (including phenoxy) is 1. The van der Waals surface area contributed by atoms with Gasteiger partial charge in [0, 0.05) is 18.4 Å². The number of nitrogens with one attached hydrogen (secondary N) is 1. The van der Waals surface area contributed by atoms with Crippen molar-refractivity contribution in [2.45, 2.75) is 52.1 Å². The standard InChI is InChI=1S/C17H21NO5/c1-17(2,3)23-15(20)7-5-4-6-13(19)11-8-9-12-14(10-11)22-16(21)18-12/h8-10H,4-7H2,1-3H3,(H,18,21). The van der Waals surface area contributed by atoms with Crippen molar-refractivity contribution in [2.24, 2.45) is 0 Å². The number of aromatic amines is 1. The van der Waals surface area contributed by atoms with Crippen molar-refractivity contribution in [2.75, 3.05) is 0 Å². The highest BCUT2D eigenvalue weighted by atomic mass is 16.6. The summed E-state index contributed by atoms with van der Waals surface area (Å²) in [6.07, 6.45) is 1.84. The maximum atomic E-state index is 12.1. The maximum absolute atomic E-state index is 12.1. The number of carbonyl (C=O) groups is 2. The van der Waals surface area contributed by atoms with Crippen molar-refractivity contribution in [3.63, 3.8) is 0 Å². The van der Waals surface area contributed by atoms with Crippen LogP contribution in [0.4, 0.5) is 0 Å². The van der Waals surface area contributed by atoms with Crippen molar-refractivity contribution in [1.82, 2.24) is 4.98 Å². The third kappa shape index (κ3) is 5.09. The fraction of sp³-hybridized carbons (Fsp3) is 0.471. The molecule has 124 valence electrons. The summed E-state index contributed by atoms with van der Waals surface area (Å²) in [6, 6.07) is 4.86. The smallest absolute Gasteiger partial charge is 0.417 e. The minimum Gasteiger partial charge on any atom is -0.460 e. The summed E-state index contributed by atoms with van der Waals surface area (Å²) in [5.74, 6) is -0.831. The molecule has 0 spiro atoms. The quantitative estimate of drug-likeness (QED) is 0.501. The van der Waals surface area contributed by atoms with Gasteiger partial charge in [-0.1, -0.05) is 0 Å². The average Bonchev–Trinajstić information content (AvgIpc) is 2.80. The molecule has 0 aliphatic rings. The zero-order valence-corrected chi connectivity index (χ0v) is 13.6. The normalized spacial score (nSPS) is 11.6. The van der Waals surface area contributed by atoms with E-state index in [-0.39, 0.29) is 11.8 Å². The van der Waals surface area contributed by atoms with Gasteiger partial charge in [0.25, 0.3) is 0 Å². The van der Waals surface area contributed by atoms with Crippen LogP contribution >= 0.6 is 0 Å². The number of carbonyl (C=O) groups excluding carboxylic acids is 2. The van der Waals surface area contributed by atoms with E-state index in [9.17, 15) is 14.4 Å². The number of H-pyrrole nitrogens is 1. The van der Waals surface area contributed by atoms with Crippen LogP contribution in [0.15, 0.2) is 27.4 Å². The predicted octanol–water partition coefficient (Wildman–Crippen LogP) is 3.21. The molecule has 0 aliphatic carbocycles. The lowest BCUT2D eigenvalue weighted by molar-refractivity contribution is -0.154. The molecule has 0 fully saturated rings. The van der Waals surface area contributed by atoms with Crippen molar-refractivity contribution in [3.8, 4) is 0 Å². The number of Topliss-reactive ketones (excluding diaryl/α,β-unsaturated/α-hetero) is 1. The molecule has 0 saturated carbocycles. The van der Waals surface area contributed by atoms with E-state index in [0.29, 0.717) is 42.3 Å². The molecule has 0 amide bonds. The highest BCUT2D eigenvalue weighted by molar-refractivity contribution is 5.98. The Morgan fingerprint density at radius 2 is 1.87 bits per heavy atom. The molecule has 1 N–H and O–H groups in total. The van der Waals surface area contributed by atoms with E-state index in [1.165, 1.54) is 0 Å². The van der Waals surface area contributed by atoms with Crippen LogP contribution < -0.4 is 5.76 Å². The second kappa shape index (κ2) is 6.81. The summed E-state index contributed by atoms with van der Waals surface area (Å²) < 4.78 is 10.1. The summed E-state index contributed by atoms with van der Waals surface area (Å²) in [7, 11) is 0. The van der Waals surface area contributed by atoms with Gasteiger partial charge in [0.2, 0.25) is 0 Å². The van der Waals surface area contributed by atoms with Gasteiger partial charge in [-0.25, -0.2) is 4.79 Å². The maximum Gasteiger partial charge on any atom is 0.417 e. The Kier molecular flexibility index (Phi) is 5.03. The Morgan fingerprint density at radius 3 is 2.57 bits per heavy atom. The second-order valence-corrected chi connectivity index (χ2v) is 6.44. The minimum atomic E-state index is -0.540. The fourth-order valence-corrected chi connectivity index (χ4v) is 2.21. The number of hydrogen-bond acceptors (Lipinski definition) is 5. The highest BCUT2D eigenvalue weighted by Gasteiger charge is 2.16. The first-order valence-corrected chi connectivity index (χ1v) is 7.62. The third-order valence-corrected chi connectivity index (χ3v) is 3.20. The number of unbranched alkanes of at least 4 members (excludes halogenated alkanes) is 1. The summed E-state index contributed by atoms with van der Waals surface area (Å²) >= 11 is 0. The molecule has 0 unspecified atom stereocenters. The average molecular weight is 319 g/mol. The number of oxazole rings is 1. The fourth-order valence-electron chi connectivity index (χ4n) is 2.21. The second-order valence-electron chi connectivity index (χ2n) is 6.44. The Labute approximate surface area is 133 Å². The van der Waals surface area contributed by atoms with E-state index < -0.39 is 11.4 Å². The van der Waals surface area contributed by atoms with E-state index in [2.05, 4.69) is 4.98 Å². The van der Waals surface area contributed by atoms with Gasteiger partial charge in [0.1, 0.15) is 5.60 Å². The molecule has 6 nitrogen and oxygen atoms in total. The van der Waals surface area contributed by atoms with Crippen LogP contribution in [0.2, 0.25) is 0 Å². The summed E-state index contributed by atoms with van der Waals surface area (Å²) in [5.41, 5.74) is 0.951. The molecule has 1 aromatic heterocycles. The van der Waals surface area contributed by atoms with Gasteiger partial charge in [0.05, 0.1) is 5.52 Å². The van der Waals surface area contributed by atoms with E-state index in [1.807, 2.05) is 20.8 Å². The molecule has 23 heavy (non-hydrogen) atoms. The van der Waals surface area contributed by atoms with E-state index >= 15 is 0 Å². The van der Waals surface area contributed by atoms with Gasteiger partial charge in [-0.15, -0.1) is 0 Å². The molecule has 1 heterocycles. The number of aromatic nitrogens is 1. The lowest BCUT2D eigenvalue weighted by atomic mass is 10.0. The molecule has 0 saturated heterocycles. The van der Waals surface area contributed by atoms with Gasteiger partial charge >= 0.3 is 11.7 Å². The molecular formula is C17H21NO5. The number of esters is 1. The largest absolute Gasteiger partial charge is 0.460 e. The zero-order valence-electron chi connectivity index (χ0n) is 13.6. The molecule has 0 bridgehead atoms. The van der Waals surface area contributed by atoms with Crippen LogP contribution in [0.3, 0.4) is 0 Å². The number of hydrogen-bond donors (Lipinski definition) is 1. The van der Waals surface area contributed by atoms with Gasteiger partial charge < -0.3 is 9.15 Å². The summed E-state index contributed by atoms with van der Waals surface area (Å²) in [4.78, 5) is 37.3. The Bertz CT molecular complexity index is 763. The molecule has 0 radical (unpaired) electrons. The SMILES string of the molecule is CC(C)(C)OC(=O)CCCCC(=O)c1ccc2[nH]c(=O)oc2c1. The highest BCUT2D eigenvalue weighted by Crippen LogP contribution is 2.16. The number of ketones is 1. The van der Waals surface area contributed by atoms with Crippen LogP contribution in [0.25, 0.3) is 11.1 Å². The molecule has 0 atom stereocenters. The predicted molar refractivity (Wildman–Crippen MR) is 85.5 cm³/mol. The molecule has 1 aromatic carbocycles. The first-order valence-electron chi connectivity index (χ1n) is 7.62. The Balaban J connectivity index is 1.82. The van der Waals surface area contributed by atoms with Gasteiger partial charge in [-0.3, -0.25) is 14.6 Å². The van der Waals surface area contributed by atoms with Gasteiger partial charge in [-0.05, 0) is 51.8 Å². The molecule has 0 aliphatic heterocycles. The molecular weight excluding hydrogens is 298 g/mol. The van der Waals surface area contributed by atoms with E-state index in [1.54, 1.807) is 18.2 Å². The zero-order chi connectivity index (χ0) is 17.0. The molecule has 6 heteroatoms. The topological polar surface area (TPSA) is 89.4 Å². The van der Waals surface area contributed by atoms with Crippen molar-refractivity contribution in [1.29, 1.82) is 0 Å². The minimum absolute atomic E-state index is 0.0417. The van der Waals surface area contributed by atoms with Crippen molar-refractivity contribution < 1.29 is 18.7 Å². The van der Waals surface area contributed by atoms with E-state index in [4.69, 9.17) is 9.15 Å². The van der Waals surface area contributed by atoms with Crippen LogP contribution in [0.1, 0.15) is 56.8 Å². The lowest BCUT2D eigenvalue weighted by Crippen LogP contribution is -2.23. The Morgan fingerprint density at radius 1 is 1.17 bits per heavy atom. The molecule has 2 aromatic rings. The van der Waals surface area contributed by atoms with Crippen LogP contribution in [0.5, 0.6) is 0 Å². The van der Waals surface area contributed by atoms with Crippen LogP contribution in [0, 0.1) is 0 Å². The number of fused-ring (bicyclic) bond motifs is 1. The van der Waals surface area contributed by atoms with E-state index in [0.717, 1.165) is 0 Å². The van der Waals surface area contributed by atoms with Gasteiger partial charge in [-0.2, -0.15) is 0 Å². The lowest BCUT2D eigenvalue weighted by Gasteiger charge is -2.19. The van der Waals surface area contributed by atoms with Crippen molar-refractivity contribution >= 4 is 22.9 Å². The van der Waals surface area contributed by atoms with Crippen molar-refractivity contribution in [3.05, 3.63) is 34.3 Å². The number of benzene rings is 1. The van der Waals surface area contributed by atoms with Gasteiger partial charge in [0.15, 0.2) is 11.4 Å².